The predicted octanol–water partition coefficient (Wildman–Crippen LogP) is 2.46. The molecule has 1 aliphatic rings. The molecule has 1 aliphatic heterocycles. The Hall–Kier alpha value is -2.12. The third kappa shape index (κ3) is 2.21. The van der Waals surface area contributed by atoms with Crippen molar-refractivity contribution in [3.8, 4) is 6.07 Å². The van der Waals surface area contributed by atoms with E-state index < -0.39 is 0 Å². The number of pyridine rings is 1. The summed E-state index contributed by atoms with van der Waals surface area (Å²) in [5.41, 5.74) is 1.48. The zero-order chi connectivity index (χ0) is 13.9. The van der Waals surface area contributed by atoms with Gasteiger partial charge in [-0.05, 0) is 31.4 Å². The highest BCUT2D eigenvalue weighted by atomic mass is 16.3. The van der Waals surface area contributed by atoms with Gasteiger partial charge in [-0.25, -0.2) is 4.98 Å². The van der Waals surface area contributed by atoms with E-state index in [1.807, 2.05) is 30.3 Å². The maximum Gasteiger partial charge on any atom is 0.147 e. The molecule has 3 rings (SSSR count). The summed E-state index contributed by atoms with van der Waals surface area (Å²) in [5, 5.41) is 19.9. The number of aliphatic hydroxyl groups excluding tert-OH is 1. The zero-order valence-electron chi connectivity index (χ0n) is 11.3. The van der Waals surface area contributed by atoms with Gasteiger partial charge < -0.3 is 10.0 Å². The topological polar surface area (TPSA) is 60.2 Å². The van der Waals surface area contributed by atoms with Crippen molar-refractivity contribution >= 4 is 16.7 Å². The molecule has 1 atom stereocenters. The number of hydrogen-bond acceptors (Lipinski definition) is 4. The maximum absolute atomic E-state index is 9.55. The molecule has 0 bridgehead atoms. The third-order valence-corrected chi connectivity index (χ3v) is 3.93. The summed E-state index contributed by atoms with van der Waals surface area (Å²) in [7, 11) is 0. The number of piperidine rings is 1. The Morgan fingerprint density at radius 1 is 1.35 bits per heavy atom. The van der Waals surface area contributed by atoms with E-state index in [1.54, 1.807) is 0 Å². The number of fused-ring (bicyclic) bond motifs is 1. The van der Waals surface area contributed by atoms with E-state index in [1.165, 1.54) is 0 Å². The van der Waals surface area contributed by atoms with E-state index in [-0.39, 0.29) is 12.6 Å². The minimum Gasteiger partial charge on any atom is -0.394 e. The molecule has 4 heteroatoms. The molecule has 1 unspecified atom stereocenters. The summed E-state index contributed by atoms with van der Waals surface area (Å²) < 4.78 is 0. The quantitative estimate of drug-likeness (QED) is 0.908. The van der Waals surface area contributed by atoms with Gasteiger partial charge in [-0.2, -0.15) is 5.26 Å². The van der Waals surface area contributed by atoms with Crippen LogP contribution in [0.15, 0.2) is 30.3 Å². The number of benzene rings is 1. The first kappa shape index (κ1) is 12.9. The van der Waals surface area contributed by atoms with Gasteiger partial charge in [-0.1, -0.05) is 18.2 Å². The van der Waals surface area contributed by atoms with Gasteiger partial charge >= 0.3 is 0 Å². The predicted molar refractivity (Wildman–Crippen MR) is 78.5 cm³/mol. The number of aromatic nitrogens is 1. The van der Waals surface area contributed by atoms with Crippen molar-refractivity contribution in [1.29, 1.82) is 5.26 Å². The van der Waals surface area contributed by atoms with Crippen molar-refractivity contribution in [3.63, 3.8) is 0 Å². The first-order chi connectivity index (χ1) is 9.83. The summed E-state index contributed by atoms with van der Waals surface area (Å²) in [6.45, 7) is 0.963. The Balaban J connectivity index is 2.11. The average Bonchev–Trinajstić information content (AvgIpc) is 2.53. The van der Waals surface area contributed by atoms with Crippen molar-refractivity contribution in [3.05, 3.63) is 35.9 Å². The number of para-hydroxylation sites is 1. The molecule has 1 fully saturated rings. The number of aliphatic hydroxyl groups is 1. The van der Waals surface area contributed by atoms with Gasteiger partial charge in [0.25, 0.3) is 0 Å². The lowest BCUT2D eigenvalue weighted by Crippen LogP contribution is -2.42. The Morgan fingerprint density at radius 2 is 2.20 bits per heavy atom. The Morgan fingerprint density at radius 3 is 3.00 bits per heavy atom. The summed E-state index contributed by atoms with van der Waals surface area (Å²) in [5.74, 6) is 0.713. The second kappa shape index (κ2) is 5.48. The lowest BCUT2D eigenvalue weighted by Gasteiger charge is -2.36. The highest BCUT2D eigenvalue weighted by Gasteiger charge is 2.25. The summed E-state index contributed by atoms with van der Waals surface area (Å²) >= 11 is 0. The van der Waals surface area contributed by atoms with Crippen LogP contribution in [0.1, 0.15) is 24.8 Å². The Bertz CT molecular complexity index is 662. The van der Waals surface area contributed by atoms with Crippen LogP contribution in [0.3, 0.4) is 0 Å². The number of hydrogen-bond donors (Lipinski definition) is 1. The third-order valence-electron chi connectivity index (χ3n) is 3.93. The molecule has 1 N–H and O–H groups in total. The fraction of sp³-hybridized carbons (Fsp3) is 0.375. The average molecular weight is 267 g/mol. The zero-order valence-corrected chi connectivity index (χ0v) is 11.3. The number of nitriles is 1. The van der Waals surface area contributed by atoms with E-state index >= 15 is 0 Å². The second-order valence-corrected chi connectivity index (χ2v) is 5.19. The maximum atomic E-state index is 9.55. The lowest BCUT2D eigenvalue weighted by atomic mass is 10.0. The van der Waals surface area contributed by atoms with Gasteiger partial charge in [0.05, 0.1) is 23.7 Å². The fourth-order valence-corrected chi connectivity index (χ4v) is 2.88. The lowest BCUT2D eigenvalue weighted by molar-refractivity contribution is 0.239. The van der Waals surface area contributed by atoms with Crippen LogP contribution in [0.2, 0.25) is 0 Å². The fourth-order valence-electron chi connectivity index (χ4n) is 2.88. The van der Waals surface area contributed by atoms with Crippen molar-refractivity contribution in [2.75, 3.05) is 18.1 Å². The standard InChI is InChI=1S/C16H17N3O/c17-10-13-9-12-5-1-2-7-15(12)18-16(13)19-8-4-3-6-14(19)11-20/h1-2,5,7,9,14,20H,3-4,6,8,11H2. The van der Waals surface area contributed by atoms with Gasteiger partial charge in [-0.15, -0.1) is 0 Å². The Kier molecular flexibility index (Phi) is 3.53. The van der Waals surface area contributed by atoms with Crippen LogP contribution in [-0.4, -0.2) is 29.3 Å². The highest BCUT2D eigenvalue weighted by Crippen LogP contribution is 2.28. The molecule has 1 aromatic heterocycles. The summed E-state index contributed by atoms with van der Waals surface area (Å²) in [6, 6.07) is 12.0. The van der Waals surface area contributed by atoms with E-state index in [0.29, 0.717) is 11.4 Å². The van der Waals surface area contributed by atoms with Crippen LogP contribution >= 0.6 is 0 Å². The molecular formula is C16H17N3O. The first-order valence-corrected chi connectivity index (χ1v) is 7.01. The van der Waals surface area contributed by atoms with Crippen LogP contribution < -0.4 is 4.90 Å². The van der Waals surface area contributed by atoms with E-state index in [9.17, 15) is 10.4 Å². The van der Waals surface area contributed by atoms with Crippen molar-refractivity contribution < 1.29 is 5.11 Å². The summed E-state index contributed by atoms with van der Waals surface area (Å²) in [6.07, 6.45) is 3.16. The molecule has 4 nitrogen and oxygen atoms in total. The second-order valence-electron chi connectivity index (χ2n) is 5.19. The van der Waals surface area contributed by atoms with Crippen LogP contribution in [0.4, 0.5) is 5.82 Å². The smallest absolute Gasteiger partial charge is 0.147 e. The molecule has 102 valence electrons. The molecule has 2 aromatic rings. The van der Waals surface area contributed by atoms with Gasteiger partial charge in [0, 0.05) is 11.9 Å². The SMILES string of the molecule is N#Cc1cc2ccccc2nc1N1CCCCC1CO. The van der Waals surface area contributed by atoms with Crippen LogP contribution in [-0.2, 0) is 0 Å². The molecular weight excluding hydrogens is 250 g/mol. The van der Waals surface area contributed by atoms with Crippen molar-refractivity contribution in [2.45, 2.75) is 25.3 Å². The van der Waals surface area contributed by atoms with Crippen LogP contribution in [0.25, 0.3) is 10.9 Å². The van der Waals surface area contributed by atoms with Crippen LogP contribution in [0, 0.1) is 11.3 Å². The van der Waals surface area contributed by atoms with Crippen LogP contribution in [0.5, 0.6) is 0 Å². The highest BCUT2D eigenvalue weighted by molar-refractivity contribution is 5.83. The molecule has 0 amide bonds. The molecule has 0 spiro atoms. The van der Waals surface area contributed by atoms with Gasteiger partial charge in [0.2, 0.25) is 0 Å². The first-order valence-electron chi connectivity index (χ1n) is 7.01. The number of nitrogens with zero attached hydrogens (tertiary/aromatic N) is 3. The van der Waals surface area contributed by atoms with Gasteiger partial charge in [0.1, 0.15) is 11.9 Å². The van der Waals surface area contributed by atoms with E-state index in [4.69, 9.17) is 0 Å². The summed E-state index contributed by atoms with van der Waals surface area (Å²) in [4.78, 5) is 6.75. The van der Waals surface area contributed by atoms with Gasteiger partial charge in [0.15, 0.2) is 0 Å². The molecule has 0 saturated carbocycles. The number of rotatable bonds is 2. The van der Waals surface area contributed by atoms with Gasteiger partial charge in [-0.3, -0.25) is 0 Å². The molecule has 0 radical (unpaired) electrons. The van der Waals surface area contributed by atoms with E-state index in [2.05, 4.69) is 16.0 Å². The van der Waals surface area contributed by atoms with E-state index in [0.717, 1.165) is 36.7 Å². The minimum absolute atomic E-state index is 0.0736. The molecule has 1 aromatic carbocycles. The largest absolute Gasteiger partial charge is 0.394 e. The van der Waals surface area contributed by atoms with Crippen molar-refractivity contribution in [1.82, 2.24) is 4.98 Å². The molecule has 20 heavy (non-hydrogen) atoms. The molecule has 1 saturated heterocycles. The monoisotopic (exact) mass is 267 g/mol. The molecule has 2 heterocycles. The van der Waals surface area contributed by atoms with Crippen molar-refractivity contribution in [2.24, 2.45) is 0 Å². The minimum atomic E-state index is 0.0736. The molecule has 0 aliphatic carbocycles. The number of anilines is 1. The normalized spacial score (nSPS) is 19.0. The Labute approximate surface area is 118 Å².